The largest absolute Gasteiger partial charge is 0.384 e. The fourth-order valence-corrected chi connectivity index (χ4v) is 3.02. The second-order valence-electron chi connectivity index (χ2n) is 6.10. The van der Waals surface area contributed by atoms with Crippen LogP contribution >= 0.6 is 0 Å². The van der Waals surface area contributed by atoms with Gasteiger partial charge in [0.25, 0.3) is 0 Å². The summed E-state index contributed by atoms with van der Waals surface area (Å²) >= 11 is 0. The standard InChI is InChI=1S/C14H22N4O2/c1-18-12(15-9-16-18)11(10-4-5-10)17-13(19)14(8-20-2)6-3-7-14/h9-11H,3-8H2,1-2H3,(H,17,19)/t11-/m0/s1. The van der Waals surface area contributed by atoms with Crippen LogP contribution in [-0.2, 0) is 16.6 Å². The fraction of sp³-hybridized carbons (Fsp3) is 0.786. The van der Waals surface area contributed by atoms with E-state index in [9.17, 15) is 4.79 Å². The van der Waals surface area contributed by atoms with Gasteiger partial charge < -0.3 is 10.1 Å². The summed E-state index contributed by atoms with van der Waals surface area (Å²) in [4.78, 5) is 16.9. The summed E-state index contributed by atoms with van der Waals surface area (Å²) < 4.78 is 7.01. The second kappa shape index (κ2) is 5.16. The first-order valence-corrected chi connectivity index (χ1v) is 7.30. The highest BCUT2D eigenvalue weighted by Gasteiger charge is 2.46. The monoisotopic (exact) mass is 278 g/mol. The normalized spacial score (nSPS) is 22.1. The van der Waals surface area contributed by atoms with E-state index in [0.717, 1.165) is 37.9 Å². The van der Waals surface area contributed by atoms with Crippen LogP contribution in [-0.4, -0.2) is 34.4 Å². The summed E-state index contributed by atoms with van der Waals surface area (Å²) in [6.45, 7) is 0.509. The van der Waals surface area contributed by atoms with Crippen LogP contribution in [0.2, 0.25) is 0 Å². The van der Waals surface area contributed by atoms with Crippen molar-refractivity contribution in [3.05, 3.63) is 12.2 Å². The van der Waals surface area contributed by atoms with Crippen LogP contribution < -0.4 is 5.32 Å². The molecule has 0 bridgehead atoms. The zero-order chi connectivity index (χ0) is 14.2. The summed E-state index contributed by atoms with van der Waals surface area (Å²) in [7, 11) is 3.53. The van der Waals surface area contributed by atoms with E-state index in [1.54, 1.807) is 18.1 Å². The van der Waals surface area contributed by atoms with E-state index < -0.39 is 0 Å². The first-order chi connectivity index (χ1) is 9.66. The maximum atomic E-state index is 12.6. The molecule has 3 rings (SSSR count). The maximum absolute atomic E-state index is 12.6. The number of carbonyl (C=O) groups is 1. The highest BCUT2D eigenvalue weighted by Crippen LogP contribution is 2.44. The Hall–Kier alpha value is -1.43. The number of ether oxygens (including phenoxy) is 1. The van der Waals surface area contributed by atoms with Crippen molar-refractivity contribution in [1.29, 1.82) is 0 Å². The van der Waals surface area contributed by atoms with Gasteiger partial charge in [0, 0.05) is 14.2 Å². The number of nitrogens with one attached hydrogen (secondary N) is 1. The van der Waals surface area contributed by atoms with Gasteiger partial charge in [0.05, 0.1) is 18.1 Å². The average Bonchev–Trinajstić information content (AvgIpc) is 3.13. The molecule has 1 atom stereocenters. The van der Waals surface area contributed by atoms with Gasteiger partial charge in [-0.2, -0.15) is 5.10 Å². The van der Waals surface area contributed by atoms with Gasteiger partial charge in [0.15, 0.2) is 0 Å². The molecule has 20 heavy (non-hydrogen) atoms. The van der Waals surface area contributed by atoms with E-state index in [-0.39, 0.29) is 17.4 Å². The van der Waals surface area contributed by atoms with Gasteiger partial charge in [-0.1, -0.05) is 6.42 Å². The number of amides is 1. The Morgan fingerprint density at radius 3 is 2.80 bits per heavy atom. The molecule has 0 spiro atoms. The van der Waals surface area contributed by atoms with Gasteiger partial charge in [-0.25, -0.2) is 4.98 Å². The van der Waals surface area contributed by atoms with E-state index in [2.05, 4.69) is 15.4 Å². The molecule has 6 heteroatoms. The molecule has 1 heterocycles. The van der Waals surface area contributed by atoms with Crippen molar-refractivity contribution in [3.63, 3.8) is 0 Å². The lowest BCUT2D eigenvalue weighted by molar-refractivity contribution is -0.141. The fourth-order valence-electron chi connectivity index (χ4n) is 3.02. The number of methoxy groups -OCH3 is 1. The lowest BCUT2D eigenvalue weighted by Crippen LogP contribution is -2.50. The Morgan fingerprint density at radius 1 is 1.60 bits per heavy atom. The lowest BCUT2D eigenvalue weighted by atomic mass is 9.68. The molecule has 0 aromatic carbocycles. The third-order valence-corrected chi connectivity index (χ3v) is 4.62. The van der Waals surface area contributed by atoms with Crippen molar-refractivity contribution < 1.29 is 9.53 Å². The highest BCUT2D eigenvalue weighted by atomic mass is 16.5. The number of rotatable bonds is 6. The topological polar surface area (TPSA) is 69.0 Å². The van der Waals surface area contributed by atoms with Crippen LogP contribution in [0.4, 0.5) is 0 Å². The van der Waals surface area contributed by atoms with Crippen LogP contribution in [0.3, 0.4) is 0 Å². The first-order valence-electron chi connectivity index (χ1n) is 7.30. The highest BCUT2D eigenvalue weighted by molar-refractivity contribution is 5.84. The minimum Gasteiger partial charge on any atom is -0.384 e. The molecule has 2 fully saturated rings. The summed E-state index contributed by atoms with van der Waals surface area (Å²) in [5.74, 6) is 1.47. The van der Waals surface area contributed by atoms with Crippen molar-refractivity contribution in [2.24, 2.45) is 18.4 Å². The Balaban J connectivity index is 1.74. The Labute approximate surface area is 118 Å². The zero-order valence-corrected chi connectivity index (χ0v) is 12.1. The number of carbonyl (C=O) groups excluding carboxylic acids is 1. The van der Waals surface area contributed by atoms with Crippen molar-refractivity contribution in [1.82, 2.24) is 20.1 Å². The van der Waals surface area contributed by atoms with E-state index in [0.29, 0.717) is 12.5 Å². The van der Waals surface area contributed by atoms with Crippen molar-refractivity contribution >= 4 is 5.91 Å². The predicted molar refractivity (Wildman–Crippen MR) is 72.8 cm³/mol. The Kier molecular flexibility index (Phi) is 3.50. The number of aryl methyl sites for hydroxylation is 1. The van der Waals surface area contributed by atoms with Gasteiger partial charge >= 0.3 is 0 Å². The molecule has 110 valence electrons. The molecule has 2 aliphatic rings. The number of nitrogens with zero attached hydrogens (tertiary/aromatic N) is 3. The predicted octanol–water partition coefficient (Wildman–Crippen LogP) is 1.20. The molecule has 1 N–H and O–H groups in total. The zero-order valence-electron chi connectivity index (χ0n) is 12.1. The van der Waals surface area contributed by atoms with Crippen LogP contribution in [0.5, 0.6) is 0 Å². The third-order valence-electron chi connectivity index (χ3n) is 4.62. The molecule has 6 nitrogen and oxygen atoms in total. The number of hydrogen-bond acceptors (Lipinski definition) is 4. The van der Waals surface area contributed by atoms with Gasteiger partial charge in [-0.15, -0.1) is 0 Å². The second-order valence-corrected chi connectivity index (χ2v) is 6.10. The van der Waals surface area contributed by atoms with Crippen molar-refractivity contribution in [2.75, 3.05) is 13.7 Å². The smallest absolute Gasteiger partial charge is 0.229 e. The molecular formula is C14H22N4O2. The van der Waals surface area contributed by atoms with E-state index in [1.165, 1.54) is 0 Å². The van der Waals surface area contributed by atoms with Crippen LogP contribution in [0.15, 0.2) is 6.33 Å². The molecule has 1 amide bonds. The van der Waals surface area contributed by atoms with Crippen LogP contribution in [0, 0.1) is 11.3 Å². The number of aromatic nitrogens is 3. The molecule has 0 radical (unpaired) electrons. The molecule has 0 saturated heterocycles. The first kappa shape index (κ1) is 13.5. The minimum atomic E-state index is -0.319. The SMILES string of the molecule is COCC1(C(=O)N[C@H](c2ncnn2C)C2CC2)CCC1. The lowest BCUT2D eigenvalue weighted by Gasteiger charge is -2.40. The maximum Gasteiger partial charge on any atom is 0.229 e. The van der Waals surface area contributed by atoms with Crippen LogP contribution in [0.1, 0.15) is 44.0 Å². The van der Waals surface area contributed by atoms with E-state index >= 15 is 0 Å². The molecule has 2 aliphatic carbocycles. The summed E-state index contributed by atoms with van der Waals surface area (Å²) in [5.41, 5.74) is -0.319. The van der Waals surface area contributed by atoms with Gasteiger partial charge in [-0.05, 0) is 31.6 Å². The Morgan fingerprint density at radius 2 is 2.35 bits per heavy atom. The molecule has 2 saturated carbocycles. The average molecular weight is 278 g/mol. The Bertz CT molecular complexity index is 491. The van der Waals surface area contributed by atoms with E-state index in [4.69, 9.17) is 4.74 Å². The minimum absolute atomic E-state index is 0.00988. The van der Waals surface area contributed by atoms with Gasteiger partial charge in [-0.3, -0.25) is 9.48 Å². The van der Waals surface area contributed by atoms with Gasteiger partial charge in [0.1, 0.15) is 12.2 Å². The van der Waals surface area contributed by atoms with Gasteiger partial charge in [0.2, 0.25) is 5.91 Å². The van der Waals surface area contributed by atoms with E-state index in [1.807, 2.05) is 7.05 Å². The summed E-state index contributed by atoms with van der Waals surface area (Å²) in [6.07, 6.45) is 6.79. The molecule has 0 unspecified atom stereocenters. The van der Waals surface area contributed by atoms with Crippen molar-refractivity contribution in [2.45, 2.75) is 38.1 Å². The van der Waals surface area contributed by atoms with Crippen LogP contribution in [0.25, 0.3) is 0 Å². The quantitative estimate of drug-likeness (QED) is 0.849. The summed E-state index contributed by atoms with van der Waals surface area (Å²) in [6, 6.07) is -0.00988. The molecule has 1 aromatic heterocycles. The third kappa shape index (κ3) is 2.32. The van der Waals surface area contributed by atoms with Crippen molar-refractivity contribution in [3.8, 4) is 0 Å². The molecule has 1 aromatic rings. The number of hydrogen-bond donors (Lipinski definition) is 1. The molecular weight excluding hydrogens is 256 g/mol. The molecule has 0 aliphatic heterocycles. The summed E-state index contributed by atoms with van der Waals surface area (Å²) in [5, 5.41) is 7.32.